The van der Waals surface area contributed by atoms with Crippen LogP contribution in [0.4, 0.5) is 5.82 Å². The number of carbonyl (C=O) groups is 2. The summed E-state index contributed by atoms with van der Waals surface area (Å²) in [6.07, 6.45) is 2.80. The first-order valence-electron chi connectivity index (χ1n) is 6.02. The van der Waals surface area contributed by atoms with Gasteiger partial charge in [-0.25, -0.2) is 0 Å². The molecule has 1 heterocycles. The molecule has 3 N–H and O–H groups in total. The van der Waals surface area contributed by atoms with Gasteiger partial charge in [-0.05, 0) is 25.7 Å². The Labute approximate surface area is 105 Å². The molecule has 18 heavy (non-hydrogen) atoms. The third-order valence-electron chi connectivity index (χ3n) is 3.53. The summed E-state index contributed by atoms with van der Waals surface area (Å²) in [4.78, 5) is 23.2. The molecule has 0 aliphatic heterocycles. The van der Waals surface area contributed by atoms with Crippen LogP contribution in [-0.4, -0.2) is 27.2 Å². The molecule has 6 heteroatoms. The van der Waals surface area contributed by atoms with E-state index in [9.17, 15) is 9.59 Å². The second-order valence-corrected chi connectivity index (χ2v) is 5.05. The van der Waals surface area contributed by atoms with Gasteiger partial charge in [0.2, 0.25) is 5.91 Å². The van der Waals surface area contributed by atoms with Crippen LogP contribution in [0.5, 0.6) is 0 Å². The third-order valence-corrected chi connectivity index (χ3v) is 3.53. The number of aromatic nitrogens is 2. The molecule has 1 aromatic rings. The lowest BCUT2D eigenvalue weighted by Gasteiger charge is -2.14. The van der Waals surface area contributed by atoms with E-state index in [-0.39, 0.29) is 11.8 Å². The number of carbonyl (C=O) groups excluding carboxylic acids is 1. The minimum absolute atomic E-state index is 0.237. The summed E-state index contributed by atoms with van der Waals surface area (Å²) in [6, 6.07) is 0. The number of hydrogen-bond donors (Lipinski definition) is 3. The lowest BCUT2D eigenvalue weighted by atomic mass is 9.95. The highest BCUT2D eigenvalue weighted by molar-refractivity contribution is 5.95. The van der Waals surface area contributed by atoms with Crippen LogP contribution in [0.3, 0.4) is 0 Å². The van der Waals surface area contributed by atoms with Crippen molar-refractivity contribution in [1.29, 1.82) is 0 Å². The number of nitrogens with zero attached hydrogens (tertiary/aromatic N) is 1. The fraction of sp³-hybridized carbons (Fsp3) is 0.583. The maximum Gasteiger partial charge on any atom is 0.307 e. The summed E-state index contributed by atoms with van der Waals surface area (Å²) in [7, 11) is 0. The van der Waals surface area contributed by atoms with Crippen molar-refractivity contribution < 1.29 is 14.7 Å². The maximum atomic E-state index is 12.1. The van der Waals surface area contributed by atoms with Crippen molar-refractivity contribution in [3.05, 3.63) is 11.8 Å². The fourth-order valence-electron chi connectivity index (χ4n) is 2.54. The van der Waals surface area contributed by atoms with E-state index in [0.717, 1.165) is 5.56 Å². The van der Waals surface area contributed by atoms with Crippen LogP contribution in [0.2, 0.25) is 0 Å². The highest BCUT2D eigenvalue weighted by Crippen LogP contribution is 2.37. The first-order chi connectivity index (χ1) is 8.49. The fourth-order valence-corrected chi connectivity index (χ4v) is 2.54. The standard InChI is InChI=1S/C12H17N3O3/c1-6-3-8(9(4-6)12(17)18)11(16)14-10-7(2)5-13-15-10/h5-6,8-9H,3-4H2,1-2H3,(H,17,18)(H2,13,14,15,16)/t6?,8-,9+/m0/s1. The molecule has 1 amide bonds. The van der Waals surface area contributed by atoms with Crippen LogP contribution in [0.15, 0.2) is 6.20 Å². The summed E-state index contributed by atoms with van der Waals surface area (Å²) < 4.78 is 0. The maximum absolute atomic E-state index is 12.1. The molecule has 0 aromatic carbocycles. The molecule has 3 atom stereocenters. The van der Waals surface area contributed by atoms with Crippen LogP contribution in [-0.2, 0) is 9.59 Å². The molecule has 1 saturated carbocycles. The lowest BCUT2D eigenvalue weighted by Crippen LogP contribution is -2.30. The van der Waals surface area contributed by atoms with Crippen molar-refractivity contribution in [3.8, 4) is 0 Å². The molecule has 0 saturated heterocycles. The van der Waals surface area contributed by atoms with Gasteiger partial charge in [0.25, 0.3) is 0 Å². The summed E-state index contributed by atoms with van der Waals surface area (Å²) in [6.45, 7) is 3.80. The molecule has 1 aliphatic rings. The van der Waals surface area contributed by atoms with E-state index in [1.54, 1.807) is 6.20 Å². The molecule has 1 unspecified atom stereocenters. The molecule has 6 nitrogen and oxygen atoms in total. The number of amides is 1. The van der Waals surface area contributed by atoms with Gasteiger partial charge in [-0.15, -0.1) is 0 Å². The molecule has 98 valence electrons. The Balaban J connectivity index is 2.09. The highest BCUT2D eigenvalue weighted by Gasteiger charge is 2.41. The van der Waals surface area contributed by atoms with Gasteiger partial charge in [0.15, 0.2) is 0 Å². The second kappa shape index (κ2) is 4.80. The summed E-state index contributed by atoms with van der Waals surface area (Å²) in [5.74, 6) is -1.35. The van der Waals surface area contributed by atoms with Crippen LogP contribution >= 0.6 is 0 Å². The third kappa shape index (κ3) is 2.37. The van der Waals surface area contributed by atoms with Gasteiger partial charge in [-0.3, -0.25) is 14.7 Å². The summed E-state index contributed by atoms with van der Waals surface area (Å²) >= 11 is 0. The van der Waals surface area contributed by atoms with Gasteiger partial charge in [-0.1, -0.05) is 6.92 Å². The van der Waals surface area contributed by atoms with Gasteiger partial charge >= 0.3 is 5.97 Å². The first-order valence-corrected chi connectivity index (χ1v) is 6.02. The number of anilines is 1. The minimum atomic E-state index is -0.888. The number of rotatable bonds is 3. The van der Waals surface area contributed by atoms with Crippen molar-refractivity contribution in [2.75, 3.05) is 5.32 Å². The SMILES string of the molecule is Cc1cn[nH]c1NC(=O)[C@H]1CC(C)C[C@H]1C(=O)O. The predicted molar refractivity (Wildman–Crippen MR) is 65.0 cm³/mol. The second-order valence-electron chi connectivity index (χ2n) is 5.05. The minimum Gasteiger partial charge on any atom is -0.481 e. The zero-order valence-corrected chi connectivity index (χ0v) is 10.4. The molecule has 2 rings (SSSR count). The van der Waals surface area contributed by atoms with E-state index in [1.165, 1.54) is 0 Å². The summed E-state index contributed by atoms with van der Waals surface area (Å²) in [5.41, 5.74) is 0.835. The largest absolute Gasteiger partial charge is 0.481 e. The number of aromatic amines is 1. The topological polar surface area (TPSA) is 95.1 Å². The molecule has 0 bridgehead atoms. The predicted octanol–water partition coefficient (Wildman–Crippen LogP) is 1.40. The smallest absolute Gasteiger partial charge is 0.307 e. The van der Waals surface area contributed by atoms with Gasteiger partial charge in [-0.2, -0.15) is 5.10 Å². The van der Waals surface area contributed by atoms with E-state index < -0.39 is 17.8 Å². The van der Waals surface area contributed by atoms with Crippen molar-refractivity contribution in [2.24, 2.45) is 17.8 Å². The molecule has 0 radical (unpaired) electrons. The van der Waals surface area contributed by atoms with Gasteiger partial charge in [0.1, 0.15) is 5.82 Å². The van der Waals surface area contributed by atoms with E-state index in [0.29, 0.717) is 18.7 Å². The summed E-state index contributed by atoms with van der Waals surface area (Å²) in [5, 5.41) is 18.3. The van der Waals surface area contributed by atoms with E-state index in [4.69, 9.17) is 5.11 Å². The van der Waals surface area contributed by atoms with Crippen LogP contribution in [0.25, 0.3) is 0 Å². The number of hydrogen-bond acceptors (Lipinski definition) is 3. The molecule has 1 aliphatic carbocycles. The molecule has 0 spiro atoms. The van der Waals surface area contributed by atoms with Crippen molar-refractivity contribution >= 4 is 17.7 Å². The molecular formula is C12H17N3O3. The Hall–Kier alpha value is -1.85. The van der Waals surface area contributed by atoms with Crippen molar-refractivity contribution in [2.45, 2.75) is 26.7 Å². The first kappa shape index (κ1) is 12.6. The Kier molecular flexibility index (Phi) is 3.36. The van der Waals surface area contributed by atoms with Crippen molar-refractivity contribution in [3.63, 3.8) is 0 Å². The average molecular weight is 251 g/mol. The van der Waals surface area contributed by atoms with Gasteiger partial charge < -0.3 is 10.4 Å². The van der Waals surface area contributed by atoms with Crippen molar-refractivity contribution in [1.82, 2.24) is 10.2 Å². The number of aryl methyl sites for hydroxylation is 1. The van der Waals surface area contributed by atoms with Gasteiger partial charge in [0, 0.05) is 5.56 Å². The quantitative estimate of drug-likeness (QED) is 0.756. The Morgan fingerprint density at radius 3 is 2.67 bits per heavy atom. The highest BCUT2D eigenvalue weighted by atomic mass is 16.4. The molecule has 1 aromatic heterocycles. The number of carboxylic acid groups (broad SMARTS) is 1. The lowest BCUT2D eigenvalue weighted by molar-refractivity contribution is -0.145. The number of aliphatic carboxylic acids is 1. The van der Waals surface area contributed by atoms with E-state index in [1.807, 2.05) is 13.8 Å². The van der Waals surface area contributed by atoms with Crippen LogP contribution in [0.1, 0.15) is 25.3 Å². The van der Waals surface area contributed by atoms with Gasteiger partial charge in [0.05, 0.1) is 18.0 Å². The monoisotopic (exact) mass is 251 g/mol. The van der Waals surface area contributed by atoms with E-state index in [2.05, 4.69) is 15.5 Å². The zero-order valence-electron chi connectivity index (χ0n) is 10.4. The Morgan fingerprint density at radius 1 is 1.44 bits per heavy atom. The Bertz CT molecular complexity index is 469. The van der Waals surface area contributed by atoms with Crippen LogP contribution < -0.4 is 5.32 Å². The zero-order chi connectivity index (χ0) is 13.3. The van der Waals surface area contributed by atoms with Crippen LogP contribution in [0, 0.1) is 24.7 Å². The number of H-pyrrole nitrogens is 1. The number of nitrogens with one attached hydrogen (secondary N) is 2. The Morgan fingerprint density at radius 2 is 2.11 bits per heavy atom. The molecule has 1 fully saturated rings. The average Bonchev–Trinajstić information content (AvgIpc) is 2.86. The van der Waals surface area contributed by atoms with E-state index >= 15 is 0 Å². The normalized spacial score (nSPS) is 27.1. The molecular weight excluding hydrogens is 234 g/mol. The number of carboxylic acids is 1.